The molecule has 0 aliphatic rings. The number of hydrogen-bond donors (Lipinski definition) is 1. The highest BCUT2D eigenvalue weighted by Gasteiger charge is 2.05. The summed E-state index contributed by atoms with van der Waals surface area (Å²) >= 11 is 3.41. The Morgan fingerprint density at radius 1 is 1.25 bits per heavy atom. The third-order valence-electron chi connectivity index (χ3n) is 2.22. The fourth-order valence-electron chi connectivity index (χ4n) is 1.55. The Morgan fingerprint density at radius 3 is 2.56 bits per heavy atom. The molecule has 0 atom stereocenters. The van der Waals surface area contributed by atoms with E-state index >= 15 is 0 Å². The molecule has 0 unspecified atom stereocenters. The fourth-order valence-corrected chi connectivity index (χ4v) is 3.29. The maximum atomic E-state index is 5.60. The number of rotatable bonds is 4. The number of aryl methyl sites for hydroxylation is 1. The van der Waals surface area contributed by atoms with E-state index in [-0.39, 0.29) is 0 Å². The lowest BCUT2D eigenvalue weighted by Crippen LogP contribution is -2.15. The average molecular weight is 253 g/mol. The number of nitrogens with zero attached hydrogens (tertiary/aromatic N) is 2. The quantitative estimate of drug-likeness (QED) is 0.911. The van der Waals surface area contributed by atoms with Crippen molar-refractivity contribution >= 4 is 27.8 Å². The molecule has 2 aromatic rings. The number of aromatic nitrogens is 1. The van der Waals surface area contributed by atoms with E-state index in [0.29, 0.717) is 5.13 Å². The van der Waals surface area contributed by atoms with Crippen molar-refractivity contribution in [1.29, 1.82) is 0 Å². The molecule has 5 heteroatoms. The summed E-state index contributed by atoms with van der Waals surface area (Å²) in [5.74, 6) is 0. The van der Waals surface area contributed by atoms with Gasteiger partial charge in [-0.05, 0) is 26.1 Å². The first-order valence-corrected chi connectivity index (χ1v) is 6.71. The van der Waals surface area contributed by atoms with Crippen LogP contribution in [0.15, 0.2) is 18.3 Å². The highest BCUT2D eigenvalue weighted by molar-refractivity contribution is 7.15. The molecule has 0 saturated carbocycles. The van der Waals surface area contributed by atoms with Crippen LogP contribution in [0.25, 0.3) is 0 Å². The molecule has 16 heavy (non-hydrogen) atoms. The van der Waals surface area contributed by atoms with Gasteiger partial charge in [0.15, 0.2) is 5.13 Å². The molecule has 0 spiro atoms. The van der Waals surface area contributed by atoms with Crippen molar-refractivity contribution in [3.05, 3.63) is 33.0 Å². The van der Waals surface area contributed by atoms with Gasteiger partial charge in [0.25, 0.3) is 0 Å². The minimum absolute atomic E-state index is 0.648. The molecular weight excluding hydrogens is 238 g/mol. The first-order valence-electron chi connectivity index (χ1n) is 5.07. The molecule has 0 aromatic carbocycles. The van der Waals surface area contributed by atoms with Crippen molar-refractivity contribution in [2.75, 3.05) is 12.8 Å². The summed E-state index contributed by atoms with van der Waals surface area (Å²) in [7, 11) is 2.12. The van der Waals surface area contributed by atoms with Gasteiger partial charge >= 0.3 is 0 Å². The van der Waals surface area contributed by atoms with Gasteiger partial charge in [0, 0.05) is 33.9 Å². The van der Waals surface area contributed by atoms with E-state index in [1.807, 2.05) is 17.5 Å². The van der Waals surface area contributed by atoms with Crippen LogP contribution in [0.3, 0.4) is 0 Å². The zero-order valence-corrected chi connectivity index (χ0v) is 11.1. The van der Waals surface area contributed by atoms with Gasteiger partial charge in [-0.1, -0.05) is 0 Å². The van der Waals surface area contributed by atoms with Crippen molar-refractivity contribution in [3.63, 3.8) is 0 Å². The second-order valence-electron chi connectivity index (χ2n) is 3.85. The van der Waals surface area contributed by atoms with Gasteiger partial charge in [0.2, 0.25) is 0 Å². The number of hydrogen-bond acceptors (Lipinski definition) is 5. The smallest absolute Gasteiger partial charge is 0.180 e. The summed E-state index contributed by atoms with van der Waals surface area (Å²) in [6.07, 6.45) is 1.86. The van der Waals surface area contributed by atoms with Crippen LogP contribution in [0.1, 0.15) is 14.6 Å². The number of thiophene rings is 1. The van der Waals surface area contributed by atoms with Crippen LogP contribution in [0, 0.1) is 6.92 Å². The Hall–Kier alpha value is -0.910. The second kappa shape index (κ2) is 4.95. The van der Waals surface area contributed by atoms with Gasteiger partial charge in [0.05, 0.1) is 0 Å². The first-order chi connectivity index (χ1) is 7.63. The predicted molar refractivity (Wildman–Crippen MR) is 70.8 cm³/mol. The lowest BCUT2D eigenvalue weighted by atomic mass is 10.4. The number of anilines is 1. The van der Waals surface area contributed by atoms with E-state index in [2.05, 4.69) is 36.0 Å². The Morgan fingerprint density at radius 2 is 2.00 bits per heavy atom. The summed E-state index contributed by atoms with van der Waals surface area (Å²) in [5.41, 5.74) is 5.60. The van der Waals surface area contributed by atoms with Crippen LogP contribution in [0.5, 0.6) is 0 Å². The third-order valence-corrected chi connectivity index (χ3v) is 4.02. The van der Waals surface area contributed by atoms with Gasteiger partial charge in [-0.2, -0.15) is 0 Å². The van der Waals surface area contributed by atoms with Crippen LogP contribution in [0.2, 0.25) is 0 Å². The van der Waals surface area contributed by atoms with Gasteiger partial charge in [-0.3, -0.25) is 4.90 Å². The van der Waals surface area contributed by atoms with Crippen molar-refractivity contribution in [1.82, 2.24) is 9.88 Å². The van der Waals surface area contributed by atoms with Crippen LogP contribution >= 0.6 is 22.7 Å². The topological polar surface area (TPSA) is 42.2 Å². The SMILES string of the molecule is Cc1ccc(CN(C)Cc2cnc(N)s2)s1. The molecule has 2 aromatic heterocycles. The van der Waals surface area contributed by atoms with Crippen molar-refractivity contribution in [2.24, 2.45) is 0 Å². The van der Waals surface area contributed by atoms with Crippen molar-refractivity contribution in [3.8, 4) is 0 Å². The third kappa shape index (κ3) is 3.04. The van der Waals surface area contributed by atoms with E-state index in [1.54, 1.807) is 11.3 Å². The van der Waals surface area contributed by atoms with E-state index in [1.165, 1.54) is 14.6 Å². The molecule has 0 aliphatic heterocycles. The molecular formula is C11H15N3S2. The van der Waals surface area contributed by atoms with E-state index in [4.69, 9.17) is 5.73 Å². The molecule has 2 N–H and O–H groups in total. The van der Waals surface area contributed by atoms with Crippen LogP contribution in [-0.4, -0.2) is 16.9 Å². The fraction of sp³-hybridized carbons (Fsp3) is 0.364. The molecule has 0 aliphatic carbocycles. The number of nitrogens with two attached hydrogens (primary N) is 1. The van der Waals surface area contributed by atoms with Crippen molar-refractivity contribution in [2.45, 2.75) is 20.0 Å². The standard InChI is InChI=1S/C11H15N3S2/c1-8-3-4-9(15-8)6-14(2)7-10-5-13-11(12)16-10/h3-5H,6-7H2,1-2H3,(H2,12,13). The molecule has 86 valence electrons. The Balaban J connectivity index is 1.91. The molecule has 2 rings (SSSR count). The zero-order valence-electron chi connectivity index (χ0n) is 9.43. The molecule has 3 nitrogen and oxygen atoms in total. The minimum Gasteiger partial charge on any atom is -0.375 e. The number of nitrogen functional groups attached to an aromatic ring is 1. The zero-order chi connectivity index (χ0) is 11.5. The average Bonchev–Trinajstić information content (AvgIpc) is 2.76. The largest absolute Gasteiger partial charge is 0.375 e. The second-order valence-corrected chi connectivity index (χ2v) is 6.37. The monoisotopic (exact) mass is 253 g/mol. The molecule has 0 fully saturated rings. The lowest BCUT2D eigenvalue weighted by molar-refractivity contribution is 0.325. The summed E-state index contributed by atoms with van der Waals surface area (Å²) in [6, 6.07) is 4.36. The Kier molecular flexibility index (Phi) is 3.58. The number of thiazole rings is 1. The molecule has 2 heterocycles. The predicted octanol–water partition coefficient (Wildman–Crippen LogP) is 2.73. The normalized spacial score (nSPS) is 11.2. The maximum Gasteiger partial charge on any atom is 0.180 e. The molecule has 0 saturated heterocycles. The summed E-state index contributed by atoms with van der Waals surface area (Å²) in [4.78, 5) is 10.3. The van der Waals surface area contributed by atoms with Gasteiger partial charge in [-0.25, -0.2) is 4.98 Å². The van der Waals surface area contributed by atoms with Crippen LogP contribution in [-0.2, 0) is 13.1 Å². The first kappa shape index (κ1) is 11.6. The maximum absolute atomic E-state index is 5.60. The Bertz CT molecular complexity index is 419. The van der Waals surface area contributed by atoms with E-state index in [0.717, 1.165) is 13.1 Å². The van der Waals surface area contributed by atoms with Crippen LogP contribution in [0.4, 0.5) is 5.13 Å². The Labute approximate surface area is 104 Å². The summed E-state index contributed by atoms with van der Waals surface area (Å²) < 4.78 is 0. The van der Waals surface area contributed by atoms with Gasteiger partial charge in [-0.15, -0.1) is 22.7 Å². The van der Waals surface area contributed by atoms with Gasteiger partial charge < -0.3 is 5.73 Å². The summed E-state index contributed by atoms with van der Waals surface area (Å²) in [5, 5.41) is 0.648. The molecule has 0 bridgehead atoms. The van der Waals surface area contributed by atoms with Gasteiger partial charge in [0.1, 0.15) is 0 Å². The molecule has 0 amide bonds. The van der Waals surface area contributed by atoms with Crippen molar-refractivity contribution < 1.29 is 0 Å². The van der Waals surface area contributed by atoms with E-state index < -0.39 is 0 Å². The highest BCUT2D eigenvalue weighted by atomic mass is 32.1. The highest BCUT2D eigenvalue weighted by Crippen LogP contribution is 2.20. The summed E-state index contributed by atoms with van der Waals surface area (Å²) in [6.45, 7) is 4.03. The lowest BCUT2D eigenvalue weighted by Gasteiger charge is -2.13. The molecule has 0 radical (unpaired) electrons. The minimum atomic E-state index is 0.648. The van der Waals surface area contributed by atoms with E-state index in [9.17, 15) is 0 Å². The van der Waals surface area contributed by atoms with Crippen LogP contribution < -0.4 is 5.73 Å².